The molecule has 0 saturated carbocycles. The summed E-state index contributed by atoms with van der Waals surface area (Å²) in [5.74, 6) is -1.55. The van der Waals surface area contributed by atoms with Gasteiger partial charge in [0.25, 0.3) is 0 Å². The Bertz CT molecular complexity index is 1760. The number of hydrogen-bond donors (Lipinski definition) is 1. The van der Waals surface area contributed by atoms with Crippen LogP contribution in [0.1, 0.15) is 29.2 Å². The van der Waals surface area contributed by atoms with Crippen molar-refractivity contribution in [2.24, 2.45) is 0 Å². The summed E-state index contributed by atoms with van der Waals surface area (Å²) in [7, 11) is 0. The number of fused-ring (bicyclic) bond motifs is 1. The molecule has 0 amide bonds. The standard InChI is InChI=1S/C33H33F5N6O/c1-23(32(45,20-44-22-39-21-40-44)29-10-9-27(34)16-30(29)35)42-13-11-41(12-14-42)18-25-19-43(31-8-3-2-7-28(25)31)17-24-5-4-6-26(15-24)33(36,37)38/h2-10,15-16,19,21-23,45H,11-14,17-18,20H2,1H3/t23-,32-/m1/s1. The van der Waals surface area contributed by atoms with Crippen molar-refractivity contribution in [1.29, 1.82) is 0 Å². The van der Waals surface area contributed by atoms with E-state index in [-0.39, 0.29) is 12.1 Å². The topological polar surface area (TPSA) is 62.4 Å². The minimum atomic E-state index is -4.40. The van der Waals surface area contributed by atoms with Crippen molar-refractivity contribution in [1.82, 2.24) is 29.1 Å². The van der Waals surface area contributed by atoms with Gasteiger partial charge in [0.1, 0.15) is 29.9 Å². The summed E-state index contributed by atoms with van der Waals surface area (Å²) in [5, 5.41) is 17.1. The highest BCUT2D eigenvalue weighted by Gasteiger charge is 2.42. The lowest BCUT2D eigenvalue weighted by Gasteiger charge is -2.45. The summed E-state index contributed by atoms with van der Waals surface area (Å²) in [4.78, 5) is 8.31. The second kappa shape index (κ2) is 12.3. The maximum Gasteiger partial charge on any atom is 0.416 e. The van der Waals surface area contributed by atoms with Gasteiger partial charge in [0.2, 0.25) is 0 Å². The number of para-hydroxylation sites is 1. The first-order valence-electron chi connectivity index (χ1n) is 14.7. The van der Waals surface area contributed by atoms with E-state index >= 15 is 4.39 Å². The van der Waals surface area contributed by atoms with E-state index in [1.165, 1.54) is 35.5 Å². The van der Waals surface area contributed by atoms with Gasteiger partial charge in [-0.15, -0.1) is 0 Å². The molecular formula is C33H33F5N6O. The van der Waals surface area contributed by atoms with Crippen LogP contribution < -0.4 is 0 Å². The maximum absolute atomic E-state index is 15.0. The highest BCUT2D eigenvalue weighted by Crippen LogP contribution is 2.34. The summed E-state index contributed by atoms with van der Waals surface area (Å²) >= 11 is 0. The zero-order valence-corrected chi connectivity index (χ0v) is 24.6. The molecule has 0 aliphatic carbocycles. The molecule has 1 saturated heterocycles. The first-order valence-corrected chi connectivity index (χ1v) is 14.7. The van der Waals surface area contributed by atoms with Crippen LogP contribution in [0.4, 0.5) is 22.0 Å². The van der Waals surface area contributed by atoms with E-state index in [2.05, 4.69) is 19.9 Å². The maximum atomic E-state index is 15.0. The van der Waals surface area contributed by atoms with Gasteiger partial charge in [0.15, 0.2) is 0 Å². The van der Waals surface area contributed by atoms with Crippen molar-refractivity contribution in [2.75, 3.05) is 26.2 Å². The van der Waals surface area contributed by atoms with Gasteiger partial charge >= 0.3 is 6.18 Å². The third kappa shape index (κ3) is 6.49. The highest BCUT2D eigenvalue weighted by molar-refractivity contribution is 5.84. The van der Waals surface area contributed by atoms with Gasteiger partial charge in [-0.25, -0.2) is 18.4 Å². The molecule has 7 nitrogen and oxygen atoms in total. The van der Waals surface area contributed by atoms with Crippen molar-refractivity contribution < 1.29 is 27.1 Å². The molecular weight excluding hydrogens is 591 g/mol. The minimum Gasteiger partial charge on any atom is -0.381 e. The second-order valence-electron chi connectivity index (χ2n) is 11.6. The molecule has 1 N–H and O–H groups in total. The van der Waals surface area contributed by atoms with Crippen LogP contribution in [0.15, 0.2) is 85.6 Å². The van der Waals surface area contributed by atoms with E-state index in [0.29, 0.717) is 44.8 Å². The van der Waals surface area contributed by atoms with Gasteiger partial charge < -0.3 is 9.67 Å². The van der Waals surface area contributed by atoms with E-state index < -0.39 is 35.0 Å². The zero-order valence-electron chi connectivity index (χ0n) is 24.6. The Morgan fingerprint density at radius 3 is 2.40 bits per heavy atom. The first-order chi connectivity index (χ1) is 21.5. The van der Waals surface area contributed by atoms with Crippen molar-refractivity contribution in [3.05, 3.63) is 119 Å². The van der Waals surface area contributed by atoms with E-state index in [0.717, 1.165) is 34.7 Å². The van der Waals surface area contributed by atoms with E-state index in [1.54, 1.807) is 6.07 Å². The molecule has 0 spiro atoms. The minimum absolute atomic E-state index is 0.0112. The van der Waals surface area contributed by atoms with Crippen LogP contribution >= 0.6 is 0 Å². The smallest absolute Gasteiger partial charge is 0.381 e. The molecule has 1 fully saturated rings. The number of piperazine rings is 1. The third-order valence-electron chi connectivity index (χ3n) is 8.79. The van der Waals surface area contributed by atoms with E-state index in [1.807, 2.05) is 42.0 Å². The fourth-order valence-electron chi connectivity index (χ4n) is 6.32. The normalized spacial score (nSPS) is 17.0. The molecule has 5 aromatic rings. The van der Waals surface area contributed by atoms with Gasteiger partial charge in [-0.3, -0.25) is 9.80 Å². The molecule has 0 radical (unpaired) electrons. The predicted octanol–water partition coefficient (Wildman–Crippen LogP) is 5.67. The average molecular weight is 625 g/mol. The molecule has 236 valence electrons. The monoisotopic (exact) mass is 624 g/mol. The highest BCUT2D eigenvalue weighted by atomic mass is 19.4. The fraction of sp³-hybridized carbons (Fsp3) is 0.333. The molecule has 3 heterocycles. The molecule has 2 atom stereocenters. The van der Waals surface area contributed by atoms with Crippen molar-refractivity contribution in [2.45, 2.75) is 44.4 Å². The molecule has 1 aliphatic rings. The number of benzene rings is 3. The van der Waals surface area contributed by atoms with Crippen molar-refractivity contribution in [3.63, 3.8) is 0 Å². The summed E-state index contributed by atoms with van der Waals surface area (Å²) in [6.45, 7) is 5.22. The Balaban J connectivity index is 1.18. The number of hydrogen-bond acceptors (Lipinski definition) is 5. The molecule has 1 aliphatic heterocycles. The Labute approximate surface area is 257 Å². The molecule has 6 rings (SSSR count). The van der Waals surface area contributed by atoms with Gasteiger partial charge in [-0.1, -0.05) is 36.4 Å². The van der Waals surface area contributed by atoms with Crippen LogP contribution in [0.5, 0.6) is 0 Å². The fourth-order valence-corrected chi connectivity index (χ4v) is 6.32. The number of nitrogens with zero attached hydrogens (tertiary/aromatic N) is 6. The molecule has 3 aromatic carbocycles. The quantitative estimate of drug-likeness (QED) is 0.214. The zero-order chi connectivity index (χ0) is 31.8. The summed E-state index contributed by atoms with van der Waals surface area (Å²) in [6.07, 6.45) is 0.384. The lowest BCUT2D eigenvalue weighted by atomic mass is 9.85. The molecule has 0 unspecified atom stereocenters. The summed E-state index contributed by atoms with van der Waals surface area (Å²) in [5.41, 5.74) is 0.175. The number of aliphatic hydroxyl groups is 1. The second-order valence-corrected chi connectivity index (χ2v) is 11.6. The largest absolute Gasteiger partial charge is 0.416 e. The number of aromatic nitrogens is 4. The average Bonchev–Trinajstić information content (AvgIpc) is 3.64. The summed E-state index contributed by atoms with van der Waals surface area (Å²) in [6, 6.07) is 15.9. The molecule has 45 heavy (non-hydrogen) atoms. The Morgan fingerprint density at radius 1 is 0.911 bits per heavy atom. The number of rotatable bonds is 9. The number of halogens is 5. The Hall–Kier alpha value is -4.13. The van der Waals surface area contributed by atoms with Crippen LogP contribution in [0.2, 0.25) is 0 Å². The van der Waals surface area contributed by atoms with Crippen LogP contribution in [-0.2, 0) is 31.4 Å². The SMILES string of the molecule is C[C@@H](N1CCN(Cc2cn(Cc3cccc(C(F)(F)F)c3)c3ccccc23)CC1)[C@](O)(Cn1cncn1)c1ccc(F)cc1F. The Morgan fingerprint density at radius 2 is 1.69 bits per heavy atom. The first kappa shape index (κ1) is 30.9. The number of alkyl halides is 3. The van der Waals surface area contributed by atoms with Gasteiger partial charge in [0, 0.05) is 74.0 Å². The predicted molar refractivity (Wildman–Crippen MR) is 159 cm³/mol. The summed E-state index contributed by atoms with van der Waals surface area (Å²) < 4.78 is 72.1. The Kier molecular flexibility index (Phi) is 8.47. The molecule has 0 bridgehead atoms. The van der Waals surface area contributed by atoms with E-state index in [9.17, 15) is 22.7 Å². The van der Waals surface area contributed by atoms with Gasteiger partial charge in [0.05, 0.1) is 12.1 Å². The van der Waals surface area contributed by atoms with Crippen LogP contribution in [0.25, 0.3) is 10.9 Å². The molecule has 12 heteroatoms. The van der Waals surface area contributed by atoms with Crippen LogP contribution in [0.3, 0.4) is 0 Å². The molecule has 2 aromatic heterocycles. The lowest BCUT2D eigenvalue weighted by Crippen LogP contribution is -2.57. The van der Waals surface area contributed by atoms with Crippen molar-refractivity contribution in [3.8, 4) is 0 Å². The third-order valence-corrected chi connectivity index (χ3v) is 8.79. The van der Waals surface area contributed by atoms with Crippen LogP contribution in [0, 0.1) is 11.6 Å². The van der Waals surface area contributed by atoms with Crippen molar-refractivity contribution >= 4 is 10.9 Å². The van der Waals surface area contributed by atoms with Gasteiger partial charge in [-0.05, 0) is 42.3 Å². The van der Waals surface area contributed by atoms with Gasteiger partial charge in [-0.2, -0.15) is 18.3 Å². The van der Waals surface area contributed by atoms with Crippen LogP contribution in [-0.4, -0.2) is 66.5 Å². The van der Waals surface area contributed by atoms with E-state index in [4.69, 9.17) is 0 Å². The lowest BCUT2D eigenvalue weighted by molar-refractivity contribution is -0.137.